The van der Waals surface area contributed by atoms with Crippen molar-refractivity contribution >= 4 is 44.9 Å². The molecule has 0 bridgehead atoms. The Hall–Kier alpha value is -1.57. The molecule has 100 valence electrons. The minimum Gasteiger partial charge on any atom is -0.368 e. The Bertz CT molecular complexity index is 704. The van der Waals surface area contributed by atoms with E-state index < -0.39 is 10.0 Å². The number of hydrogen-bond donors (Lipinski definition) is 2. The second kappa shape index (κ2) is 5.20. The lowest BCUT2D eigenvalue weighted by molar-refractivity contribution is 0.600. The highest BCUT2D eigenvalue weighted by Gasteiger charge is 2.16. The van der Waals surface area contributed by atoms with E-state index in [1.165, 1.54) is 18.2 Å². The minimum atomic E-state index is -3.82. The van der Waals surface area contributed by atoms with Crippen LogP contribution in [0, 0.1) is 0 Å². The van der Waals surface area contributed by atoms with Crippen molar-refractivity contribution in [3.63, 3.8) is 0 Å². The summed E-state index contributed by atoms with van der Waals surface area (Å²) in [6, 6.07) is 4.41. The van der Waals surface area contributed by atoms with Crippen LogP contribution in [0.15, 0.2) is 35.5 Å². The van der Waals surface area contributed by atoms with Gasteiger partial charge in [0.25, 0.3) is 10.0 Å². The third kappa shape index (κ3) is 3.25. The van der Waals surface area contributed by atoms with Gasteiger partial charge in [0.05, 0.1) is 23.1 Å². The molecule has 0 unspecified atom stereocenters. The average Bonchev–Trinajstić information content (AvgIpc) is 2.33. The number of nitrogens with one attached hydrogen (secondary N) is 1. The van der Waals surface area contributed by atoms with Crippen molar-refractivity contribution in [1.29, 1.82) is 0 Å². The predicted molar refractivity (Wildman–Crippen MR) is 73.7 cm³/mol. The number of benzene rings is 1. The number of hydrogen-bond acceptors (Lipinski definition) is 5. The van der Waals surface area contributed by atoms with Crippen LogP contribution in [-0.2, 0) is 10.0 Å². The van der Waals surface area contributed by atoms with Crippen molar-refractivity contribution in [2.75, 3.05) is 10.5 Å². The number of nitrogens with two attached hydrogens (primary N) is 1. The highest BCUT2D eigenvalue weighted by atomic mass is 35.5. The molecular weight excluding hydrogens is 311 g/mol. The molecule has 0 saturated carbocycles. The van der Waals surface area contributed by atoms with E-state index in [9.17, 15) is 8.42 Å². The van der Waals surface area contributed by atoms with Crippen LogP contribution in [0.5, 0.6) is 0 Å². The molecule has 1 aromatic heterocycles. The Morgan fingerprint density at radius 3 is 2.37 bits per heavy atom. The molecule has 0 aliphatic rings. The zero-order valence-electron chi connectivity index (χ0n) is 9.34. The maximum Gasteiger partial charge on any atom is 0.265 e. The zero-order chi connectivity index (χ0) is 14.0. The van der Waals surface area contributed by atoms with Gasteiger partial charge in [-0.25, -0.2) is 18.4 Å². The van der Waals surface area contributed by atoms with Crippen molar-refractivity contribution in [2.24, 2.45) is 0 Å². The standard InChI is InChI=1S/C10H8Cl2N4O2S/c11-6-1-2-9(8(12)3-6)16-19(17,18)7-4-14-10(13)15-5-7/h1-5,16H,(H2,13,14,15). The summed E-state index contributed by atoms with van der Waals surface area (Å²) in [5.74, 6) is -0.0107. The first-order chi connectivity index (χ1) is 8.88. The third-order valence-electron chi connectivity index (χ3n) is 2.13. The maximum atomic E-state index is 12.0. The Labute approximate surface area is 119 Å². The molecule has 0 saturated heterocycles. The van der Waals surface area contributed by atoms with Crippen molar-refractivity contribution in [3.8, 4) is 0 Å². The van der Waals surface area contributed by atoms with Gasteiger partial charge < -0.3 is 5.73 Å². The first-order valence-electron chi connectivity index (χ1n) is 4.94. The summed E-state index contributed by atoms with van der Waals surface area (Å²) in [6.45, 7) is 0. The van der Waals surface area contributed by atoms with Gasteiger partial charge in [0, 0.05) is 5.02 Å². The van der Waals surface area contributed by atoms with Gasteiger partial charge in [0.15, 0.2) is 0 Å². The molecule has 0 fully saturated rings. The monoisotopic (exact) mass is 318 g/mol. The lowest BCUT2D eigenvalue weighted by Gasteiger charge is -2.09. The number of aromatic nitrogens is 2. The predicted octanol–water partition coefficient (Wildman–Crippen LogP) is 2.17. The van der Waals surface area contributed by atoms with E-state index in [-0.39, 0.29) is 21.6 Å². The van der Waals surface area contributed by atoms with Crippen molar-refractivity contribution < 1.29 is 8.42 Å². The Morgan fingerprint density at radius 2 is 1.79 bits per heavy atom. The van der Waals surface area contributed by atoms with Crippen LogP contribution in [0.3, 0.4) is 0 Å². The van der Waals surface area contributed by atoms with Crippen LogP contribution in [-0.4, -0.2) is 18.4 Å². The molecule has 0 aliphatic carbocycles. The van der Waals surface area contributed by atoms with Crippen molar-refractivity contribution in [3.05, 3.63) is 40.6 Å². The zero-order valence-corrected chi connectivity index (χ0v) is 11.7. The van der Waals surface area contributed by atoms with E-state index >= 15 is 0 Å². The van der Waals surface area contributed by atoms with Crippen LogP contribution in [0.1, 0.15) is 0 Å². The molecule has 19 heavy (non-hydrogen) atoms. The smallest absolute Gasteiger partial charge is 0.265 e. The van der Waals surface area contributed by atoms with Crippen molar-refractivity contribution in [1.82, 2.24) is 9.97 Å². The van der Waals surface area contributed by atoms with Gasteiger partial charge in [0.2, 0.25) is 5.95 Å². The molecule has 9 heteroatoms. The number of anilines is 2. The number of nitrogen functional groups attached to an aromatic ring is 1. The van der Waals surface area contributed by atoms with Crippen LogP contribution in [0.4, 0.5) is 11.6 Å². The second-order valence-corrected chi connectivity index (χ2v) is 6.03. The first-order valence-corrected chi connectivity index (χ1v) is 7.18. The molecule has 0 atom stereocenters. The number of halogens is 2. The normalized spacial score (nSPS) is 11.3. The minimum absolute atomic E-state index is 0.0107. The van der Waals surface area contributed by atoms with Gasteiger partial charge in [0.1, 0.15) is 4.90 Å². The summed E-state index contributed by atoms with van der Waals surface area (Å²) < 4.78 is 26.4. The third-order valence-corrected chi connectivity index (χ3v) is 4.00. The first kappa shape index (κ1) is 13.9. The molecule has 3 N–H and O–H groups in total. The summed E-state index contributed by atoms with van der Waals surface area (Å²) in [4.78, 5) is 7.12. The maximum absolute atomic E-state index is 12.0. The summed E-state index contributed by atoms with van der Waals surface area (Å²) in [5.41, 5.74) is 5.50. The summed E-state index contributed by atoms with van der Waals surface area (Å²) in [6.07, 6.45) is 2.21. The molecule has 2 aromatic rings. The van der Waals surface area contributed by atoms with E-state index in [1.807, 2.05) is 0 Å². The molecule has 1 heterocycles. The number of rotatable bonds is 3. The largest absolute Gasteiger partial charge is 0.368 e. The van der Waals surface area contributed by atoms with E-state index in [2.05, 4.69) is 14.7 Å². The summed E-state index contributed by atoms with van der Waals surface area (Å²) >= 11 is 11.6. The fraction of sp³-hybridized carbons (Fsp3) is 0. The molecule has 0 radical (unpaired) electrons. The van der Waals surface area contributed by atoms with E-state index in [0.717, 1.165) is 12.4 Å². The molecule has 0 amide bonds. The van der Waals surface area contributed by atoms with Crippen LogP contribution in [0.2, 0.25) is 10.0 Å². The lowest BCUT2D eigenvalue weighted by atomic mass is 10.3. The van der Waals surface area contributed by atoms with Gasteiger partial charge in [-0.2, -0.15) is 0 Å². The molecule has 0 aliphatic heterocycles. The number of nitrogens with zero attached hydrogens (tertiary/aromatic N) is 2. The average molecular weight is 319 g/mol. The Morgan fingerprint density at radius 1 is 1.16 bits per heavy atom. The molecule has 6 nitrogen and oxygen atoms in total. The second-order valence-electron chi connectivity index (χ2n) is 3.51. The fourth-order valence-corrected chi connectivity index (χ4v) is 2.72. The highest BCUT2D eigenvalue weighted by molar-refractivity contribution is 7.92. The molecule has 0 spiro atoms. The van der Waals surface area contributed by atoms with Gasteiger partial charge in [-0.05, 0) is 18.2 Å². The van der Waals surface area contributed by atoms with E-state index in [1.54, 1.807) is 0 Å². The highest BCUT2D eigenvalue weighted by Crippen LogP contribution is 2.27. The fourth-order valence-electron chi connectivity index (χ4n) is 1.24. The SMILES string of the molecule is Nc1ncc(S(=O)(=O)Nc2ccc(Cl)cc2Cl)cn1. The summed E-state index contributed by atoms with van der Waals surface area (Å²) in [7, 11) is -3.82. The van der Waals surface area contributed by atoms with Gasteiger partial charge in [-0.1, -0.05) is 23.2 Å². The van der Waals surface area contributed by atoms with E-state index in [4.69, 9.17) is 28.9 Å². The van der Waals surface area contributed by atoms with Gasteiger partial charge >= 0.3 is 0 Å². The molecule has 2 rings (SSSR count). The summed E-state index contributed by atoms with van der Waals surface area (Å²) in [5, 5.41) is 0.594. The number of sulfonamides is 1. The lowest BCUT2D eigenvalue weighted by Crippen LogP contribution is -2.14. The van der Waals surface area contributed by atoms with Crippen molar-refractivity contribution in [2.45, 2.75) is 4.90 Å². The molecular formula is C10H8Cl2N4O2S. The Balaban J connectivity index is 2.33. The van der Waals surface area contributed by atoms with Crippen LogP contribution >= 0.6 is 23.2 Å². The Kier molecular flexibility index (Phi) is 3.79. The quantitative estimate of drug-likeness (QED) is 0.903. The van der Waals surface area contributed by atoms with E-state index in [0.29, 0.717) is 5.02 Å². The van der Waals surface area contributed by atoms with Crippen LogP contribution in [0.25, 0.3) is 0 Å². The van der Waals surface area contributed by atoms with Crippen LogP contribution < -0.4 is 10.5 Å². The van der Waals surface area contributed by atoms with Gasteiger partial charge in [-0.15, -0.1) is 0 Å². The topological polar surface area (TPSA) is 98.0 Å². The van der Waals surface area contributed by atoms with Gasteiger partial charge in [-0.3, -0.25) is 4.72 Å². The molecule has 1 aromatic carbocycles.